The lowest BCUT2D eigenvalue weighted by Crippen LogP contribution is -2.25. The fourth-order valence-corrected chi connectivity index (χ4v) is 1.99. The molecule has 1 saturated carbocycles. The van der Waals surface area contributed by atoms with Gasteiger partial charge < -0.3 is 10.8 Å². The molecule has 3 heteroatoms. The predicted molar refractivity (Wildman–Crippen MR) is 52.3 cm³/mol. The number of benzene rings is 1. The number of nitrogens with two attached hydrogens (primary N) is 1. The standard InChI is InChI=1S/C11H14FNO/c1-10(2)6-11(10,13)7-4-3-5-8(12)9(7)14/h3-5,14H,6,13H2,1-2H3. The van der Waals surface area contributed by atoms with Gasteiger partial charge in [-0.25, -0.2) is 4.39 Å². The fraction of sp³-hybridized carbons (Fsp3) is 0.455. The molecular formula is C11H14FNO. The third-order valence-electron chi connectivity index (χ3n) is 3.27. The second kappa shape index (κ2) is 2.48. The first-order valence-corrected chi connectivity index (χ1v) is 4.65. The summed E-state index contributed by atoms with van der Waals surface area (Å²) in [5, 5.41) is 9.55. The summed E-state index contributed by atoms with van der Waals surface area (Å²) in [6.45, 7) is 4.02. The van der Waals surface area contributed by atoms with Crippen molar-refractivity contribution in [2.45, 2.75) is 25.8 Å². The molecule has 0 saturated heterocycles. The number of para-hydroxylation sites is 1. The molecule has 1 atom stereocenters. The number of aromatic hydroxyl groups is 1. The van der Waals surface area contributed by atoms with Crippen molar-refractivity contribution < 1.29 is 9.50 Å². The van der Waals surface area contributed by atoms with E-state index >= 15 is 0 Å². The van der Waals surface area contributed by atoms with Crippen LogP contribution in [0.15, 0.2) is 18.2 Å². The summed E-state index contributed by atoms with van der Waals surface area (Å²) < 4.78 is 13.1. The Morgan fingerprint density at radius 3 is 2.50 bits per heavy atom. The first-order valence-electron chi connectivity index (χ1n) is 4.65. The first-order chi connectivity index (χ1) is 6.38. The first kappa shape index (κ1) is 9.46. The molecule has 76 valence electrons. The summed E-state index contributed by atoms with van der Waals surface area (Å²) >= 11 is 0. The van der Waals surface area contributed by atoms with Crippen molar-refractivity contribution in [3.63, 3.8) is 0 Å². The van der Waals surface area contributed by atoms with E-state index in [-0.39, 0.29) is 11.2 Å². The molecule has 1 fully saturated rings. The maximum absolute atomic E-state index is 13.1. The zero-order valence-corrected chi connectivity index (χ0v) is 8.34. The molecule has 3 N–H and O–H groups in total. The van der Waals surface area contributed by atoms with Gasteiger partial charge in [-0.05, 0) is 17.9 Å². The lowest BCUT2D eigenvalue weighted by molar-refractivity contribution is 0.407. The highest BCUT2D eigenvalue weighted by Crippen LogP contribution is 2.61. The lowest BCUT2D eigenvalue weighted by atomic mass is 9.96. The van der Waals surface area contributed by atoms with Crippen LogP contribution < -0.4 is 5.73 Å². The molecule has 2 nitrogen and oxygen atoms in total. The van der Waals surface area contributed by atoms with Crippen LogP contribution in [0.2, 0.25) is 0 Å². The molecule has 0 spiro atoms. The van der Waals surface area contributed by atoms with Crippen molar-refractivity contribution in [2.24, 2.45) is 11.1 Å². The van der Waals surface area contributed by atoms with Crippen molar-refractivity contribution in [1.29, 1.82) is 0 Å². The zero-order valence-electron chi connectivity index (χ0n) is 8.34. The number of halogens is 1. The average molecular weight is 195 g/mol. The summed E-state index contributed by atoms with van der Waals surface area (Å²) in [4.78, 5) is 0. The highest BCUT2D eigenvalue weighted by atomic mass is 19.1. The molecule has 14 heavy (non-hydrogen) atoms. The van der Waals surface area contributed by atoms with Crippen LogP contribution in [0.4, 0.5) is 4.39 Å². The molecule has 0 bridgehead atoms. The van der Waals surface area contributed by atoms with Crippen LogP contribution in [-0.2, 0) is 5.54 Å². The van der Waals surface area contributed by atoms with Gasteiger partial charge in [-0.1, -0.05) is 26.0 Å². The molecule has 0 aliphatic heterocycles. The summed E-state index contributed by atoms with van der Waals surface area (Å²) in [5.74, 6) is -0.907. The van der Waals surface area contributed by atoms with Crippen LogP contribution in [0.25, 0.3) is 0 Å². The Balaban J connectivity index is 2.49. The molecule has 1 aliphatic carbocycles. The van der Waals surface area contributed by atoms with Crippen LogP contribution in [0.1, 0.15) is 25.8 Å². The predicted octanol–water partition coefficient (Wildman–Crippen LogP) is 2.12. The largest absolute Gasteiger partial charge is 0.505 e. The number of hydrogen-bond donors (Lipinski definition) is 2. The van der Waals surface area contributed by atoms with Gasteiger partial charge in [-0.3, -0.25) is 0 Å². The van der Waals surface area contributed by atoms with E-state index in [1.165, 1.54) is 6.07 Å². The molecule has 1 aromatic rings. The average Bonchev–Trinajstić information content (AvgIpc) is 2.58. The van der Waals surface area contributed by atoms with Crippen molar-refractivity contribution in [3.05, 3.63) is 29.6 Å². The van der Waals surface area contributed by atoms with Crippen LogP contribution >= 0.6 is 0 Å². The van der Waals surface area contributed by atoms with Gasteiger partial charge in [-0.2, -0.15) is 0 Å². The molecule has 1 aliphatic rings. The van der Waals surface area contributed by atoms with Gasteiger partial charge >= 0.3 is 0 Å². The second-order valence-corrected chi connectivity index (χ2v) is 4.67. The van der Waals surface area contributed by atoms with Gasteiger partial charge in [0.05, 0.1) is 5.54 Å². The third-order valence-corrected chi connectivity index (χ3v) is 3.27. The minimum atomic E-state index is -0.602. The van der Waals surface area contributed by atoms with E-state index in [0.717, 1.165) is 6.42 Å². The monoisotopic (exact) mass is 195 g/mol. The molecule has 1 unspecified atom stereocenters. The maximum Gasteiger partial charge on any atom is 0.165 e. The zero-order chi connectivity index (χ0) is 10.6. The van der Waals surface area contributed by atoms with Gasteiger partial charge in [0.2, 0.25) is 0 Å². The molecule has 0 radical (unpaired) electrons. The fourth-order valence-electron chi connectivity index (χ4n) is 1.99. The van der Waals surface area contributed by atoms with E-state index in [1.54, 1.807) is 12.1 Å². The molecule has 0 aromatic heterocycles. The van der Waals surface area contributed by atoms with Crippen molar-refractivity contribution in [2.75, 3.05) is 0 Å². The summed E-state index contributed by atoms with van der Waals surface area (Å²) in [5.41, 5.74) is 5.98. The van der Waals surface area contributed by atoms with Crippen molar-refractivity contribution >= 4 is 0 Å². The van der Waals surface area contributed by atoms with E-state index < -0.39 is 11.4 Å². The molecule has 0 heterocycles. The van der Waals surface area contributed by atoms with E-state index in [9.17, 15) is 9.50 Å². The Kier molecular flexibility index (Phi) is 1.68. The number of phenolic OH excluding ortho intramolecular Hbond substituents is 1. The van der Waals surface area contributed by atoms with Crippen LogP contribution in [0, 0.1) is 11.2 Å². The highest BCUT2D eigenvalue weighted by molar-refractivity contribution is 5.45. The topological polar surface area (TPSA) is 46.2 Å². The molecule has 2 rings (SSSR count). The Morgan fingerprint density at radius 2 is 2.00 bits per heavy atom. The van der Waals surface area contributed by atoms with Gasteiger partial charge in [0, 0.05) is 5.56 Å². The van der Waals surface area contributed by atoms with E-state index in [0.29, 0.717) is 5.56 Å². The second-order valence-electron chi connectivity index (χ2n) is 4.67. The maximum atomic E-state index is 13.1. The van der Waals surface area contributed by atoms with Gasteiger partial charge in [0.25, 0.3) is 0 Å². The van der Waals surface area contributed by atoms with Gasteiger partial charge in [0.15, 0.2) is 11.6 Å². The van der Waals surface area contributed by atoms with E-state index in [4.69, 9.17) is 5.73 Å². The molecular weight excluding hydrogens is 181 g/mol. The van der Waals surface area contributed by atoms with Crippen LogP contribution in [0.3, 0.4) is 0 Å². The Labute approximate surface area is 82.5 Å². The number of phenols is 1. The van der Waals surface area contributed by atoms with Gasteiger partial charge in [0.1, 0.15) is 0 Å². The minimum Gasteiger partial charge on any atom is -0.505 e. The van der Waals surface area contributed by atoms with Crippen molar-refractivity contribution in [3.8, 4) is 5.75 Å². The highest BCUT2D eigenvalue weighted by Gasteiger charge is 2.60. The van der Waals surface area contributed by atoms with Crippen LogP contribution in [0.5, 0.6) is 5.75 Å². The summed E-state index contributed by atoms with van der Waals surface area (Å²) in [6.07, 6.45) is 0.775. The normalized spacial score (nSPS) is 28.9. The summed E-state index contributed by atoms with van der Waals surface area (Å²) in [6, 6.07) is 4.50. The molecule has 0 amide bonds. The van der Waals surface area contributed by atoms with E-state index in [1.807, 2.05) is 13.8 Å². The SMILES string of the molecule is CC1(C)CC1(N)c1cccc(F)c1O. The van der Waals surface area contributed by atoms with Gasteiger partial charge in [-0.15, -0.1) is 0 Å². The Bertz CT molecular complexity index is 389. The quantitative estimate of drug-likeness (QED) is 0.721. The smallest absolute Gasteiger partial charge is 0.165 e. The molecule has 1 aromatic carbocycles. The van der Waals surface area contributed by atoms with E-state index in [2.05, 4.69) is 0 Å². The number of hydrogen-bond acceptors (Lipinski definition) is 2. The lowest BCUT2D eigenvalue weighted by Gasteiger charge is -2.16. The Morgan fingerprint density at radius 1 is 1.43 bits per heavy atom. The Hall–Kier alpha value is -1.09. The van der Waals surface area contributed by atoms with Crippen molar-refractivity contribution in [1.82, 2.24) is 0 Å². The minimum absolute atomic E-state index is 0.0573. The summed E-state index contributed by atoms with van der Waals surface area (Å²) in [7, 11) is 0. The third kappa shape index (κ3) is 1.05. The number of rotatable bonds is 1. The van der Waals surface area contributed by atoms with Crippen LogP contribution in [-0.4, -0.2) is 5.11 Å².